The Balaban J connectivity index is 1.61. The molecule has 6 heteroatoms. The van der Waals surface area contributed by atoms with Crippen molar-refractivity contribution in [1.82, 2.24) is 10.2 Å². The first-order valence-corrected chi connectivity index (χ1v) is 9.01. The molecule has 0 aromatic heterocycles. The van der Waals surface area contributed by atoms with Crippen molar-refractivity contribution < 1.29 is 14.3 Å². The summed E-state index contributed by atoms with van der Waals surface area (Å²) in [5.74, 6) is 1.05. The second-order valence-corrected chi connectivity index (χ2v) is 7.38. The van der Waals surface area contributed by atoms with Crippen LogP contribution in [0.1, 0.15) is 20.3 Å². The Morgan fingerprint density at radius 2 is 2.08 bits per heavy atom. The highest BCUT2D eigenvalue weighted by atomic mass is 16.5. The number of morpholine rings is 1. The normalized spacial score (nSPS) is 23.4. The zero-order valence-electron chi connectivity index (χ0n) is 15.5. The van der Waals surface area contributed by atoms with Crippen molar-refractivity contribution in [3.05, 3.63) is 24.3 Å². The van der Waals surface area contributed by atoms with Crippen LogP contribution >= 0.6 is 0 Å². The van der Waals surface area contributed by atoms with Gasteiger partial charge in [-0.25, -0.2) is 0 Å². The van der Waals surface area contributed by atoms with E-state index in [1.165, 1.54) is 0 Å². The number of piperazine rings is 1. The van der Waals surface area contributed by atoms with Gasteiger partial charge in [-0.15, -0.1) is 0 Å². The molecule has 1 amide bonds. The van der Waals surface area contributed by atoms with E-state index in [-0.39, 0.29) is 17.6 Å². The smallest absolute Gasteiger partial charge is 0.225 e. The van der Waals surface area contributed by atoms with Crippen molar-refractivity contribution in [1.29, 1.82) is 0 Å². The number of benzene rings is 1. The molecular formula is C19H29N3O3. The second-order valence-electron chi connectivity index (χ2n) is 7.38. The van der Waals surface area contributed by atoms with E-state index < -0.39 is 0 Å². The molecule has 0 aliphatic carbocycles. The molecule has 0 spiro atoms. The van der Waals surface area contributed by atoms with Crippen molar-refractivity contribution in [2.75, 3.05) is 51.3 Å². The maximum atomic E-state index is 12.7. The summed E-state index contributed by atoms with van der Waals surface area (Å²) in [5, 5.41) is 3.28. The summed E-state index contributed by atoms with van der Waals surface area (Å²) in [7, 11) is 1.68. The molecule has 1 N–H and O–H groups in total. The van der Waals surface area contributed by atoms with Gasteiger partial charge in [0.2, 0.25) is 5.91 Å². The van der Waals surface area contributed by atoms with Crippen LogP contribution in [0.5, 0.6) is 5.75 Å². The highest BCUT2D eigenvalue weighted by molar-refractivity contribution is 5.77. The van der Waals surface area contributed by atoms with Gasteiger partial charge in [0.25, 0.3) is 0 Å². The Labute approximate surface area is 150 Å². The fraction of sp³-hybridized carbons (Fsp3) is 0.632. The number of carbonyl (C=O) groups is 1. The lowest BCUT2D eigenvalue weighted by atomic mass is 9.97. The van der Waals surface area contributed by atoms with E-state index in [9.17, 15) is 4.79 Å². The molecular weight excluding hydrogens is 318 g/mol. The topological polar surface area (TPSA) is 54.0 Å². The van der Waals surface area contributed by atoms with Crippen LogP contribution < -0.4 is 15.0 Å². The van der Waals surface area contributed by atoms with Gasteiger partial charge in [-0.3, -0.25) is 4.79 Å². The molecule has 1 atom stereocenters. The first kappa shape index (κ1) is 18.0. The largest absolute Gasteiger partial charge is 0.497 e. The number of ether oxygens (including phenoxy) is 2. The number of nitrogens with zero attached hydrogens (tertiary/aromatic N) is 2. The first-order valence-electron chi connectivity index (χ1n) is 9.01. The van der Waals surface area contributed by atoms with Gasteiger partial charge in [0.1, 0.15) is 5.75 Å². The predicted octanol–water partition coefficient (Wildman–Crippen LogP) is 1.50. The number of nitrogens with one attached hydrogen (secondary N) is 1. The van der Waals surface area contributed by atoms with Gasteiger partial charge in [-0.1, -0.05) is 0 Å². The maximum absolute atomic E-state index is 12.7. The number of hydrogen-bond donors (Lipinski definition) is 1. The molecule has 2 aliphatic heterocycles. The SMILES string of the molecule is COc1ccc(N2CCN(C(=O)C[C@H]3CNCCO3)CC2(C)C)cc1. The Morgan fingerprint density at radius 3 is 2.68 bits per heavy atom. The lowest BCUT2D eigenvalue weighted by Gasteiger charge is -2.48. The summed E-state index contributed by atoms with van der Waals surface area (Å²) < 4.78 is 10.9. The first-order chi connectivity index (χ1) is 12.0. The summed E-state index contributed by atoms with van der Waals surface area (Å²) in [6.07, 6.45) is 0.468. The van der Waals surface area contributed by atoms with Gasteiger partial charge in [0.05, 0.1) is 31.8 Å². The maximum Gasteiger partial charge on any atom is 0.225 e. The molecule has 0 saturated carbocycles. The molecule has 2 fully saturated rings. The standard InChI is InChI=1S/C19H29N3O3/c1-19(2)14-21(18(23)12-17-13-20-8-11-25-17)9-10-22(19)15-4-6-16(24-3)7-5-15/h4-7,17,20H,8-14H2,1-3H3/t17-/m0/s1. The van der Waals surface area contributed by atoms with Gasteiger partial charge in [0, 0.05) is 38.4 Å². The summed E-state index contributed by atoms with van der Waals surface area (Å²) >= 11 is 0. The highest BCUT2D eigenvalue weighted by Gasteiger charge is 2.36. The van der Waals surface area contributed by atoms with Gasteiger partial charge < -0.3 is 24.6 Å². The fourth-order valence-corrected chi connectivity index (χ4v) is 3.68. The Kier molecular flexibility index (Phi) is 5.49. The molecule has 25 heavy (non-hydrogen) atoms. The van der Waals surface area contributed by atoms with E-state index in [4.69, 9.17) is 9.47 Å². The summed E-state index contributed by atoms with van der Waals surface area (Å²) in [5.41, 5.74) is 1.05. The molecule has 2 heterocycles. The summed E-state index contributed by atoms with van der Waals surface area (Å²) in [6.45, 7) is 9.00. The van der Waals surface area contributed by atoms with Crippen LogP contribution in [0.2, 0.25) is 0 Å². The molecule has 1 aromatic carbocycles. The van der Waals surface area contributed by atoms with Crippen molar-refractivity contribution >= 4 is 11.6 Å². The zero-order valence-corrected chi connectivity index (χ0v) is 15.5. The van der Waals surface area contributed by atoms with Gasteiger partial charge in [0.15, 0.2) is 0 Å². The Morgan fingerprint density at radius 1 is 1.32 bits per heavy atom. The Hall–Kier alpha value is -1.79. The van der Waals surface area contributed by atoms with Crippen LogP contribution in [-0.4, -0.2) is 68.9 Å². The fourth-order valence-electron chi connectivity index (χ4n) is 3.68. The number of hydrogen-bond acceptors (Lipinski definition) is 5. The average Bonchev–Trinajstić information content (AvgIpc) is 2.62. The van der Waals surface area contributed by atoms with E-state index in [0.29, 0.717) is 13.0 Å². The van der Waals surface area contributed by atoms with E-state index in [0.717, 1.165) is 44.2 Å². The Bertz CT molecular complexity index is 582. The third-order valence-corrected chi connectivity index (χ3v) is 5.05. The van der Waals surface area contributed by atoms with Crippen LogP contribution in [0.25, 0.3) is 0 Å². The van der Waals surface area contributed by atoms with Gasteiger partial charge in [-0.2, -0.15) is 0 Å². The number of rotatable bonds is 4. The highest BCUT2D eigenvalue weighted by Crippen LogP contribution is 2.29. The van der Waals surface area contributed by atoms with E-state index in [1.807, 2.05) is 17.0 Å². The molecule has 6 nitrogen and oxygen atoms in total. The number of carbonyl (C=O) groups excluding carboxylic acids is 1. The van der Waals surface area contributed by atoms with Crippen molar-refractivity contribution in [3.63, 3.8) is 0 Å². The second kappa shape index (κ2) is 7.62. The van der Waals surface area contributed by atoms with Crippen LogP contribution in [0.3, 0.4) is 0 Å². The summed E-state index contributed by atoms with van der Waals surface area (Å²) in [4.78, 5) is 17.0. The molecule has 2 saturated heterocycles. The van der Waals surface area contributed by atoms with E-state index >= 15 is 0 Å². The molecule has 3 rings (SSSR count). The quantitative estimate of drug-likeness (QED) is 0.895. The number of methoxy groups -OCH3 is 1. The molecule has 0 unspecified atom stereocenters. The number of amides is 1. The zero-order chi connectivity index (χ0) is 17.9. The van der Waals surface area contributed by atoms with Crippen LogP contribution in [0.15, 0.2) is 24.3 Å². The third-order valence-electron chi connectivity index (χ3n) is 5.05. The van der Waals surface area contributed by atoms with Crippen molar-refractivity contribution in [2.24, 2.45) is 0 Å². The van der Waals surface area contributed by atoms with E-state index in [1.54, 1.807) is 7.11 Å². The van der Waals surface area contributed by atoms with Gasteiger partial charge >= 0.3 is 0 Å². The average molecular weight is 347 g/mol. The van der Waals surface area contributed by atoms with Crippen molar-refractivity contribution in [3.8, 4) is 5.75 Å². The predicted molar refractivity (Wildman–Crippen MR) is 98.2 cm³/mol. The summed E-state index contributed by atoms with van der Waals surface area (Å²) in [6, 6.07) is 8.13. The van der Waals surface area contributed by atoms with Crippen LogP contribution in [-0.2, 0) is 9.53 Å². The van der Waals surface area contributed by atoms with Crippen molar-refractivity contribution in [2.45, 2.75) is 31.9 Å². The lowest BCUT2D eigenvalue weighted by Crippen LogP contribution is -2.61. The molecule has 0 bridgehead atoms. The monoisotopic (exact) mass is 347 g/mol. The molecule has 138 valence electrons. The number of anilines is 1. The van der Waals surface area contributed by atoms with Gasteiger partial charge in [-0.05, 0) is 38.1 Å². The van der Waals surface area contributed by atoms with Crippen LogP contribution in [0, 0.1) is 0 Å². The lowest BCUT2D eigenvalue weighted by molar-refractivity contribution is -0.136. The minimum Gasteiger partial charge on any atom is -0.497 e. The molecule has 2 aliphatic rings. The third kappa shape index (κ3) is 4.25. The minimum atomic E-state index is -0.117. The minimum absolute atomic E-state index is 0.00369. The molecule has 1 aromatic rings. The van der Waals surface area contributed by atoms with E-state index in [2.05, 4.69) is 36.2 Å². The molecule has 0 radical (unpaired) electrons. The van der Waals surface area contributed by atoms with Crippen LogP contribution in [0.4, 0.5) is 5.69 Å².